The van der Waals surface area contributed by atoms with Crippen molar-refractivity contribution in [3.63, 3.8) is 0 Å². The van der Waals surface area contributed by atoms with Crippen molar-refractivity contribution >= 4 is 27.5 Å². The van der Waals surface area contributed by atoms with Gasteiger partial charge in [0.2, 0.25) is 5.91 Å². The molecule has 0 unspecified atom stereocenters. The molecule has 0 radical (unpaired) electrons. The zero-order valence-electron chi connectivity index (χ0n) is 17.8. The third kappa shape index (κ3) is 3.87. The molecule has 1 amide bonds. The molecule has 0 bridgehead atoms. The van der Waals surface area contributed by atoms with Crippen molar-refractivity contribution in [2.24, 2.45) is 5.92 Å². The maximum Gasteiger partial charge on any atom is 0.271 e. The van der Waals surface area contributed by atoms with Gasteiger partial charge in [-0.15, -0.1) is 11.3 Å². The lowest BCUT2D eigenvalue weighted by Gasteiger charge is -2.44. The highest BCUT2D eigenvalue weighted by Crippen LogP contribution is 2.35. The highest BCUT2D eigenvalue weighted by molar-refractivity contribution is 7.22. The predicted octanol–water partition coefficient (Wildman–Crippen LogP) is 4.31. The van der Waals surface area contributed by atoms with E-state index < -0.39 is 0 Å². The second-order valence-corrected chi connectivity index (χ2v) is 9.62. The molecule has 31 heavy (non-hydrogen) atoms. The summed E-state index contributed by atoms with van der Waals surface area (Å²) in [6, 6.07) is 10.0. The minimum absolute atomic E-state index is 0.0479. The average Bonchev–Trinajstić information content (AvgIpc) is 3.26. The van der Waals surface area contributed by atoms with Crippen LogP contribution in [0.25, 0.3) is 20.7 Å². The quantitative estimate of drug-likeness (QED) is 0.610. The number of piperidine rings is 1. The fourth-order valence-electron chi connectivity index (χ4n) is 5.13. The third-order valence-corrected chi connectivity index (χ3v) is 7.91. The fraction of sp³-hybridized carbons (Fsp3) is 0.458. The van der Waals surface area contributed by atoms with Gasteiger partial charge in [-0.2, -0.15) is 0 Å². The number of fused-ring (bicyclic) bond motifs is 2. The van der Waals surface area contributed by atoms with Crippen LogP contribution in [0, 0.1) is 5.92 Å². The number of rotatable bonds is 4. The number of hydrogen-bond acceptors (Lipinski definition) is 5. The zero-order chi connectivity index (χ0) is 21.4. The average molecular weight is 438 g/mol. The molecule has 1 aliphatic heterocycles. The molecule has 1 saturated heterocycles. The number of methoxy groups -OCH3 is 1. The standard InChI is InChI=1S/C24H27N3O3S/c1-30-18-10-8-17(9-11-18)21-13-19-23(31-21)24(29)26(15-25-19)14-22(28)27-12-4-6-16-5-2-3-7-20(16)27/h8-11,13,15-16,20H,2-7,12,14H2,1H3/t16-,20-/m0/s1. The Kier molecular flexibility index (Phi) is 5.52. The molecule has 1 aliphatic carbocycles. The molecule has 7 heteroatoms. The van der Waals surface area contributed by atoms with E-state index in [-0.39, 0.29) is 18.0 Å². The summed E-state index contributed by atoms with van der Waals surface area (Å²) in [6.45, 7) is 0.881. The van der Waals surface area contributed by atoms with Crippen molar-refractivity contribution in [1.29, 1.82) is 0 Å². The van der Waals surface area contributed by atoms with E-state index in [0.717, 1.165) is 35.6 Å². The SMILES string of the molecule is COc1ccc(-c2cc3ncn(CC(=O)N4CCC[C@@H]5CCCC[C@@H]54)c(=O)c3s2)cc1. The van der Waals surface area contributed by atoms with E-state index in [9.17, 15) is 9.59 Å². The summed E-state index contributed by atoms with van der Waals surface area (Å²) in [6.07, 6.45) is 8.61. The summed E-state index contributed by atoms with van der Waals surface area (Å²) in [5.74, 6) is 1.47. The smallest absolute Gasteiger partial charge is 0.271 e. The minimum atomic E-state index is -0.139. The molecule has 6 nitrogen and oxygen atoms in total. The van der Waals surface area contributed by atoms with Gasteiger partial charge in [-0.05, 0) is 67.5 Å². The number of likely N-dealkylation sites (tertiary alicyclic amines) is 1. The van der Waals surface area contributed by atoms with Gasteiger partial charge < -0.3 is 9.64 Å². The molecule has 1 saturated carbocycles. The molecule has 0 spiro atoms. The Labute approximate surface area is 185 Å². The zero-order valence-corrected chi connectivity index (χ0v) is 18.6. The van der Waals surface area contributed by atoms with E-state index in [4.69, 9.17) is 4.74 Å². The van der Waals surface area contributed by atoms with Gasteiger partial charge in [-0.25, -0.2) is 4.98 Å². The van der Waals surface area contributed by atoms with E-state index >= 15 is 0 Å². The fourth-order valence-corrected chi connectivity index (χ4v) is 6.19. The van der Waals surface area contributed by atoms with Crippen LogP contribution < -0.4 is 10.3 Å². The van der Waals surface area contributed by atoms with Gasteiger partial charge in [0.1, 0.15) is 17.0 Å². The molecule has 162 valence electrons. The van der Waals surface area contributed by atoms with Gasteiger partial charge in [-0.3, -0.25) is 14.2 Å². The van der Waals surface area contributed by atoms with Gasteiger partial charge in [0.15, 0.2) is 0 Å². The summed E-state index contributed by atoms with van der Waals surface area (Å²) in [7, 11) is 1.64. The van der Waals surface area contributed by atoms with Gasteiger partial charge in [-0.1, -0.05) is 12.8 Å². The first-order chi connectivity index (χ1) is 15.1. The van der Waals surface area contributed by atoms with Crippen molar-refractivity contribution in [3.05, 3.63) is 47.0 Å². The van der Waals surface area contributed by atoms with Gasteiger partial charge in [0.25, 0.3) is 5.56 Å². The van der Waals surface area contributed by atoms with E-state index in [1.165, 1.54) is 47.9 Å². The van der Waals surface area contributed by atoms with Crippen molar-refractivity contribution in [2.45, 2.75) is 51.1 Å². The number of carbonyl (C=O) groups is 1. The van der Waals surface area contributed by atoms with E-state index in [2.05, 4.69) is 4.98 Å². The highest BCUT2D eigenvalue weighted by atomic mass is 32.1. The van der Waals surface area contributed by atoms with Crippen molar-refractivity contribution in [2.75, 3.05) is 13.7 Å². The second kappa shape index (κ2) is 8.46. The molecular formula is C24H27N3O3S. The lowest BCUT2D eigenvalue weighted by molar-refractivity contribution is -0.138. The largest absolute Gasteiger partial charge is 0.497 e. The topological polar surface area (TPSA) is 64.4 Å². The summed E-state index contributed by atoms with van der Waals surface area (Å²) >= 11 is 1.42. The number of carbonyl (C=O) groups excluding carboxylic acids is 1. The van der Waals surface area contributed by atoms with Crippen LogP contribution in [0.4, 0.5) is 0 Å². The number of nitrogens with zero attached hydrogens (tertiary/aromatic N) is 3. The number of hydrogen-bond donors (Lipinski definition) is 0. The summed E-state index contributed by atoms with van der Waals surface area (Å²) in [5, 5.41) is 0. The lowest BCUT2D eigenvalue weighted by Crippen LogP contribution is -2.51. The maximum atomic E-state index is 13.1. The van der Waals surface area contributed by atoms with Gasteiger partial charge >= 0.3 is 0 Å². The summed E-state index contributed by atoms with van der Waals surface area (Å²) < 4.78 is 7.29. The van der Waals surface area contributed by atoms with Crippen LogP contribution >= 0.6 is 11.3 Å². The molecule has 2 fully saturated rings. The molecule has 3 aromatic rings. The van der Waals surface area contributed by atoms with Crippen molar-refractivity contribution < 1.29 is 9.53 Å². The Morgan fingerprint density at radius 2 is 1.94 bits per heavy atom. The minimum Gasteiger partial charge on any atom is -0.497 e. The molecule has 2 aromatic heterocycles. The van der Waals surface area contributed by atoms with Gasteiger partial charge in [0.05, 0.1) is 19.0 Å². The molecule has 2 atom stereocenters. The van der Waals surface area contributed by atoms with E-state index in [0.29, 0.717) is 22.2 Å². The molecule has 3 heterocycles. The Hall–Kier alpha value is -2.67. The molecular weight excluding hydrogens is 410 g/mol. The number of thiophene rings is 1. The predicted molar refractivity (Wildman–Crippen MR) is 123 cm³/mol. The van der Waals surface area contributed by atoms with Crippen molar-refractivity contribution in [3.8, 4) is 16.2 Å². The maximum absolute atomic E-state index is 13.1. The van der Waals surface area contributed by atoms with Gasteiger partial charge in [0, 0.05) is 17.5 Å². The summed E-state index contributed by atoms with van der Waals surface area (Å²) in [4.78, 5) is 33.7. The Morgan fingerprint density at radius 3 is 2.74 bits per heavy atom. The van der Waals surface area contributed by atoms with Crippen LogP contribution in [0.15, 0.2) is 41.5 Å². The molecule has 5 rings (SSSR count). The number of benzene rings is 1. The normalized spacial score (nSPS) is 21.1. The number of ether oxygens (including phenoxy) is 1. The van der Waals surface area contributed by atoms with Crippen LogP contribution in [-0.2, 0) is 11.3 Å². The monoisotopic (exact) mass is 437 g/mol. The molecule has 1 aromatic carbocycles. The number of amides is 1. The first-order valence-electron chi connectivity index (χ1n) is 11.1. The first-order valence-corrected chi connectivity index (χ1v) is 11.9. The Morgan fingerprint density at radius 1 is 1.16 bits per heavy atom. The molecule has 0 N–H and O–H groups in total. The third-order valence-electron chi connectivity index (χ3n) is 6.75. The second-order valence-electron chi connectivity index (χ2n) is 8.57. The van der Waals surface area contributed by atoms with E-state index in [1.54, 1.807) is 7.11 Å². The number of aromatic nitrogens is 2. The Bertz CT molecular complexity index is 1150. The van der Waals surface area contributed by atoms with Crippen LogP contribution in [0.5, 0.6) is 5.75 Å². The van der Waals surface area contributed by atoms with Crippen LogP contribution in [-0.4, -0.2) is 40.1 Å². The molecule has 2 aliphatic rings. The lowest BCUT2D eigenvalue weighted by atomic mass is 9.78. The first kappa shape index (κ1) is 20.2. The Balaban J connectivity index is 1.39. The van der Waals surface area contributed by atoms with E-state index in [1.807, 2.05) is 35.2 Å². The van der Waals surface area contributed by atoms with Crippen LogP contribution in [0.2, 0.25) is 0 Å². The van der Waals surface area contributed by atoms with Crippen molar-refractivity contribution in [1.82, 2.24) is 14.5 Å². The van der Waals surface area contributed by atoms with Crippen LogP contribution in [0.1, 0.15) is 38.5 Å². The van der Waals surface area contributed by atoms with Crippen LogP contribution in [0.3, 0.4) is 0 Å². The highest BCUT2D eigenvalue weighted by Gasteiger charge is 2.35. The summed E-state index contributed by atoms with van der Waals surface area (Å²) in [5.41, 5.74) is 1.55.